The fourth-order valence-corrected chi connectivity index (χ4v) is 1.13. The van der Waals surface area contributed by atoms with E-state index in [0.29, 0.717) is 18.0 Å². The van der Waals surface area contributed by atoms with Gasteiger partial charge in [-0.1, -0.05) is 35.5 Å². The van der Waals surface area contributed by atoms with Gasteiger partial charge in [0.25, 0.3) is 5.89 Å². The van der Waals surface area contributed by atoms with E-state index in [1.807, 2.05) is 30.3 Å². The van der Waals surface area contributed by atoms with Gasteiger partial charge in [-0.3, -0.25) is 4.79 Å². The van der Waals surface area contributed by atoms with Crippen molar-refractivity contribution in [2.45, 2.75) is 0 Å². The normalized spacial score (nSPS) is 10.7. The first-order valence-corrected chi connectivity index (χ1v) is 4.41. The van der Waals surface area contributed by atoms with Crippen LogP contribution in [0.25, 0.3) is 17.5 Å². The minimum Gasteiger partial charge on any atom is -0.334 e. The van der Waals surface area contributed by atoms with Crippen LogP contribution >= 0.6 is 0 Å². The van der Waals surface area contributed by atoms with Crippen molar-refractivity contribution in [2.75, 3.05) is 0 Å². The Morgan fingerprint density at radius 2 is 2.00 bits per heavy atom. The average Bonchev–Trinajstić information content (AvgIpc) is 2.76. The number of allylic oxidation sites excluding steroid dienone is 1. The molecular weight excluding hydrogens is 192 g/mol. The first-order chi connectivity index (χ1) is 7.40. The van der Waals surface area contributed by atoms with Gasteiger partial charge < -0.3 is 4.52 Å². The number of rotatable bonds is 3. The van der Waals surface area contributed by atoms with Gasteiger partial charge in [0, 0.05) is 11.6 Å². The Morgan fingerprint density at radius 1 is 1.20 bits per heavy atom. The van der Waals surface area contributed by atoms with Crippen molar-refractivity contribution in [1.82, 2.24) is 10.1 Å². The predicted molar refractivity (Wildman–Crippen MR) is 54.8 cm³/mol. The summed E-state index contributed by atoms with van der Waals surface area (Å²) in [6.07, 6.45) is 3.43. The summed E-state index contributed by atoms with van der Waals surface area (Å²) in [5.41, 5.74) is 0.881. The Hall–Kier alpha value is -2.23. The third-order valence-corrected chi connectivity index (χ3v) is 1.79. The minimum absolute atomic E-state index is 0.320. The second-order valence-electron chi connectivity index (χ2n) is 2.82. The molecule has 0 aliphatic carbocycles. The highest BCUT2D eigenvalue weighted by Gasteiger charge is 2.04. The van der Waals surface area contributed by atoms with E-state index in [-0.39, 0.29) is 0 Å². The molecule has 2 aromatic rings. The van der Waals surface area contributed by atoms with E-state index in [4.69, 9.17) is 4.52 Å². The zero-order valence-corrected chi connectivity index (χ0v) is 7.83. The van der Waals surface area contributed by atoms with Gasteiger partial charge in [0.2, 0.25) is 5.82 Å². The maximum atomic E-state index is 10.1. The van der Waals surface area contributed by atoms with Crippen molar-refractivity contribution in [3.63, 3.8) is 0 Å². The van der Waals surface area contributed by atoms with Crippen molar-refractivity contribution >= 4 is 12.4 Å². The maximum absolute atomic E-state index is 10.1. The highest BCUT2D eigenvalue weighted by molar-refractivity contribution is 5.72. The van der Waals surface area contributed by atoms with Gasteiger partial charge in [-0.25, -0.2) is 0 Å². The summed E-state index contributed by atoms with van der Waals surface area (Å²) in [7, 11) is 0. The summed E-state index contributed by atoms with van der Waals surface area (Å²) in [6.45, 7) is 0. The van der Waals surface area contributed by atoms with Gasteiger partial charge in [-0.05, 0) is 6.08 Å². The highest BCUT2D eigenvalue weighted by Crippen LogP contribution is 2.14. The standard InChI is InChI=1S/C11H8N2O2/c14-8-4-7-10-12-11(13-15-10)9-5-2-1-3-6-9/h1-8H/b7-4+. The van der Waals surface area contributed by atoms with Crippen molar-refractivity contribution in [1.29, 1.82) is 0 Å². The van der Waals surface area contributed by atoms with Crippen molar-refractivity contribution in [2.24, 2.45) is 0 Å². The Kier molecular flexibility index (Phi) is 2.69. The van der Waals surface area contributed by atoms with Crippen LogP contribution in [0.5, 0.6) is 0 Å². The molecule has 0 spiro atoms. The first-order valence-electron chi connectivity index (χ1n) is 4.41. The van der Waals surface area contributed by atoms with Crippen molar-refractivity contribution in [3.05, 3.63) is 42.3 Å². The van der Waals surface area contributed by atoms with E-state index in [2.05, 4.69) is 10.1 Å². The van der Waals surface area contributed by atoms with E-state index in [0.717, 1.165) is 5.56 Å². The van der Waals surface area contributed by atoms with Crippen LogP contribution in [0.3, 0.4) is 0 Å². The van der Waals surface area contributed by atoms with Crippen LogP contribution in [0.1, 0.15) is 5.89 Å². The lowest BCUT2D eigenvalue weighted by molar-refractivity contribution is -0.104. The molecular formula is C11H8N2O2. The highest BCUT2D eigenvalue weighted by atomic mass is 16.5. The van der Waals surface area contributed by atoms with Gasteiger partial charge in [0.1, 0.15) is 6.29 Å². The first kappa shape index (κ1) is 9.33. The molecule has 0 saturated carbocycles. The molecule has 74 valence electrons. The summed E-state index contributed by atoms with van der Waals surface area (Å²) < 4.78 is 4.91. The molecule has 1 heterocycles. The van der Waals surface area contributed by atoms with Crippen LogP contribution in [0.4, 0.5) is 0 Å². The summed E-state index contributed by atoms with van der Waals surface area (Å²) in [5.74, 6) is 0.835. The molecule has 0 amide bonds. The quantitative estimate of drug-likeness (QED) is 0.561. The second-order valence-corrected chi connectivity index (χ2v) is 2.82. The van der Waals surface area contributed by atoms with Crippen LogP contribution in [0.15, 0.2) is 40.9 Å². The molecule has 4 nitrogen and oxygen atoms in total. The lowest BCUT2D eigenvalue weighted by atomic mass is 10.2. The molecule has 0 atom stereocenters. The molecule has 0 radical (unpaired) electrons. The number of aromatic nitrogens is 2. The van der Waals surface area contributed by atoms with Gasteiger partial charge in [0.05, 0.1) is 0 Å². The molecule has 0 aliphatic rings. The van der Waals surface area contributed by atoms with E-state index in [1.54, 1.807) is 0 Å². The SMILES string of the molecule is O=C/C=C/c1nc(-c2ccccc2)no1. The number of hydrogen-bond acceptors (Lipinski definition) is 4. The van der Waals surface area contributed by atoms with E-state index in [9.17, 15) is 4.79 Å². The Bertz CT molecular complexity index is 474. The molecule has 1 aromatic heterocycles. The van der Waals surface area contributed by atoms with Gasteiger partial charge in [-0.15, -0.1) is 0 Å². The molecule has 0 fully saturated rings. The van der Waals surface area contributed by atoms with Crippen LogP contribution in [0.2, 0.25) is 0 Å². The molecule has 0 unspecified atom stereocenters. The Labute approximate surface area is 86.2 Å². The van der Waals surface area contributed by atoms with Gasteiger partial charge in [0.15, 0.2) is 0 Å². The lowest BCUT2D eigenvalue weighted by Crippen LogP contribution is -1.78. The summed E-state index contributed by atoms with van der Waals surface area (Å²) >= 11 is 0. The Balaban J connectivity index is 2.28. The molecule has 2 rings (SSSR count). The fourth-order valence-electron chi connectivity index (χ4n) is 1.13. The zero-order chi connectivity index (χ0) is 10.5. The van der Waals surface area contributed by atoms with Crippen LogP contribution in [-0.4, -0.2) is 16.4 Å². The lowest BCUT2D eigenvalue weighted by Gasteiger charge is -1.89. The van der Waals surface area contributed by atoms with Gasteiger partial charge >= 0.3 is 0 Å². The summed E-state index contributed by atoms with van der Waals surface area (Å²) in [5, 5.41) is 3.79. The summed E-state index contributed by atoms with van der Waals surface area (Å²) in [6, 6.07) is 9.48. The monoisotopic (exact) mass is 200 g/mol. The second kappa shape index (κ2) is 4.32. The summed E-state index contributed by atoms with van der Waals surface area (Å²) in [4.78, 5) is 14.2. The molecule has 0 saturated heterocycles. The van der Waals surface area contributed by atoms with Gasteiger partial charge in [-0.2, -0.15) is 4.98 Å². The minimum atomic E-state index is 0.320. The predicted octanol–water partition coefficient (Wildman–Crippen LogP) is 1.95. The van der Waals surface area contributed by atoms with E-state index in [1.165, 1.54) is 12.2 Å². The molecule has 1 aromatic carbocycles. The molecule has 0 bridgehead atoms. The Morgan fingerprint density at radius 3 is 2.73 bits per heavy atom. The molecule has 15 heavy (non-hydrogen) atoms. The van der Waals surface area contributed by atoms with E-state index >= 15 is 0 Å². The molecule has 0 N–H and O–H groups in total. The fraction of sp³-hybridized carbons (Fsp3) is 0. The smallest absolute Gasteiger partial charge is 0.251 e. The molecule has 4 heteroatoms. The van der Waals surface area contributed by atoms with Crippen LogP contribution in [-0.2, 0) is 4.79 Å². The van der Waals surface area contributed by atoms with Crippen molar-refractivity contribution in [3.8, 4) is 11.4 Å². The number of benzene rings is 1. The van der Waals surface area contributed by atoms with Crippen LogP contribution < -0.4 is 0 Å². The number of nitrogens with zero attached hydrogens (tertiary/aromatic N) is 2. The van der Waals surface area contributed by atoms with Crippen molar-refractivity contribution < 1.29 is 9.32 Å². The molecule has 0 aliphatic heterocycles. The number of carbonyl (C=O) groups excluding carboxylic acids is 1. The number of aldehydes is 1. The van der Waals surface area contributed by atoms with Crippen LogP contribution in [0, 0.1) is 0 Å². The number of hydrogen-bond donors (Lipinski definition) is 0. The largest absolute Gasteiger partial charge is 0.334 e. The average molecular weight is 200 g/mol. The topological polar surface area (TPSA) is 56.0 Å². The maximum Gasteiger partial charge on any atom is 0.251 e. The third kappa shape index (κ3) is 2.17. The zero-order valence-electron chi connectivity index (χ0n) is 7.83. The number of carbonyl (C=O) groups is 1. The third-order valence-electron chi connectivity index (χ3n) is 1.79. The van der Waals surface area contributed by atoms with E-state index < -0.39 is 0 Å².